The molecule has 0 saturated heterocycles. The summed E-state index contributed by atoms with van der Waals surface area (Å²) in [6.07, 6.45) is 1.61. The molecule has 2 aromatic carbocycles. The lowest BCUT2D eigenvalue weighted by molar-refractivity contribution is -0.112. The highest BCUT2D eigenvalue weighted by Crippen LogP contribution is 2.14. The van der Waals surface area contributed by atoms with Crippen molar-refractivity contribution in [3.8, 4) is 6.07 Å². The molecule has 3 nitrogen and oxygen atoms in total. The quantitative estimate of drug-likeness (QED) is 0.684. The number of hydrogen-bond donors (Lipinski definition) is 1. The maximum atomic E-state index is 12.1. The second-order valence-corrected chi connectivity index (χ2v) is 4.85. The van der Waals surface area contributed by atoms with Gasteiger partial charge in [-0.2, -0.15) is 5.26 Å². The predicted molar refractivity (Wildman–Crippen MR) is 84.6 cm³/mol. The normalized spacial score (nSPS) is 10.8. The molecule has 2 aromatic rings. The van der Waals surface area contributed by atoms with Gasteiger partial charge in [0, 0.05) is 5.69 Å². The van der Waals surface area contributed by atoms with E-state index in [9.17, 15) is 10.1 Å². The van der Waals surface area contributed by atoms with Crippen LogP contribution in [0.2, 0.25) is 0 Å². The van der Waals surface area contributed by atoms with E-state index in [0.29, 0.717) is 5.69 Å². The van der Waals surface area contributed by atoms with Crippen LogP contribution in [-0.4, -0.2) is 5.91 Å². The van der Waals surface area contributed by atoms with Crippen molar-refractivity contribution >= 4 is 17.7 Å². The van der Waals surface area contributed by atoms with E-state index in [0.717, 1.165) is 16.7 Å². The second kappa shape index (κ2) is 6.53. The maximum absolute atomic E-state index is 12.1. The molecule has 0 spiro atoms. The molecule has 0 aliphatic carbocycles. The molecule has 0 aliphatic rings. The van der Waals surface area contributed by atoms with Crippen LogP contribution in [0.1, 0.15) is 16.7 Å². The minimum atomic E-state index is -0.399. The first-order chi connectivity index (χ1) is 10.1. The predicted octanol–water partition coefficient (Wildman–Crippen LogP) is 3.85. The SMILES string of the molecule is Cc1ccc(NC(=O)/C(C#N)=C\c2ccccc2C)cc1. The zero-order valence-electron chi connectivity index (χ0n) is 12.1. The van der Waals surface area contributed by atoms with Gasteiger partial charge in [0.1, 0.15) is 11.6 Å². The number of carbonyl (C=O) groups is 1. The fourth-order valence-corrected chi connectivity index (χ4v) is 1.89. The molecule has 0 aromatic heterocycles. The largest absolute Gasteiger partial charge is 0.321 e. The molecule has 0 saturated carbocycles. The van der Waals surface area contributed by atoms with Crippen molar-refractivity contribution in [2.24, 2.45) is 0 Å². The number of nitrogens with one attached hydrogen (secondary N) is 1. The van der Waals surface area contributed by atoms with Crippen molar-refractivity contribution in [2.75, 3.05) is 5.32 Å². The second-order valence-electron chi connectivity index (χ2n) is 4.85. The number of aryl methyl sites for hydroxylation is 2. The van der Waals surface area contributed by atoms with Crippen LogP contribution in [0.25, 0.3) is 6.08 Å². The number of carbonyl (C=O) groups excluding carboxylic acids is 1. The van der Waals surface area contributed by atoms with Gasteiger partial charge in [-0.3, -0.25) is 4.79 Å². The van der Waals surface area contributed by atoms with Gasteiger partial charge in [-0.05, 0) is 43.2 Å². The van der Waals surface area contributed by atoms with E-state index in [-0.39, 0.29) is 5.57 Å². The van der Waals surface area contributed by atoms with E-state index in [1.807, 2.05) is 68.4 Å². The van der Waals surface area contributed by atoms with Crippen LogP contribution >= 0.6 is 0 Å². The van der Waals surface area contributed by atoms with Gasteiger partial charge in [-0.25, -0.2) is 0 Å². The third-order valence-electron chi connectivity index (χ3n) is 3.16. The number of anilines is 1. The van der Waals surface area contributed by atoms with Crippen LogP contribution in [-0.2, 0) is 4.79 Å². The van der Waals surface area contributed by atoms with Gasteiger partial charge in [-0.15, -0.1) is 0 Å². The summed E-state index contributed by atoms with van der Waals surface area (Å²) in [6.45, 7) is 3.92. The Morgan fingerprint density at radius 1 is 1.10 bits per heavy atom. The minimum absolute atomic E-state index is 0.0878. The van der Waals surface area contributed by atoms with Crippen molar-refractivity contribution in [1.82, 2.24) is 0 Å². The van der Waals surface area contributed by atoms with E-state index in [2.05, 4.69) is 5.32 Å². The van der Waals surface area contributed by atoms with Crippen LogP contribution in [0.15, 0.2) is 54.1 Å². The Morgan fingerprint density at radius 2 is 1.76 bits per heavy atom. The molecule has 0 bridgehead atoms. The Kier molecular flexibility index (Phi) is 4.53. The number of nitriles is 1. The Labute approximate surface area is 124 Å². The van der Waals surface area contributed by atoms with E-state index in [1.54, 1.807) is 6.08 Å². The third kappa shape index (κ3) is 3.80. The topological polar surface area (TPSA) is 52.9 Å². The molecule has 104 valence electrons. The molecule has 21 heavy (non-hydrogen) atoms. The van der Waals surface area contributed by atoms with Gasteiger partial charge >= 0.3 is 0 Å². The van der Waals surface area contributed by atoms with E-state index < -0.39 is 5.91 Å². The van der Waals surface area contributed by atoms with Crippen molar-refractivity contribution in [3.63, 3.8) is 0 Å². The Hall–Kier alpha value is -2.86. The van der Waals surface area contributed by atoms with Crippen LogP contribution in [0, 0.1) is 25.2 Å². The summed E-state index contributed by atoms with van der Waals surface area (Å²) in [6, 6.07) is 17.0. The minimum Gasteiger partial charge on any atom is -0.321 e. The van der Waals surface area contributed by atoms with Crippen molar-refractivity contribution < 1.29 is 4.79 Å². The average molecular weight is 276 g/mol. The molecule has 0 unspecified atom stereocenters. The lowest BCUT2D eigenvalue weighted by atomic mass is 10.1. The van der Waals surface area contributed by atoms with E-state index in [4.69, 9.17) is 0 Å². The van der Waals surface area contributed by atoms with Crippen LogP contribution < -0.4 is 5.32 Å². The molecule has 0 radical (unpaired) electrons. The molecule has 0 aliphatic heterocycles. The van der Waals surface area contributed by atoms with Crippen LogP contribution in [0.4, 0.5) is 5.69 Å². The molecule has 1 N–H and O–H groups in total. The highest BCUT2D eigenvalue weighted by molar-refractivity contribution is 6.09. The molecule has 3 heteroatoms. The summed E-state index contributed by atoms with van der Waals surface area (Å²) >= 11 is 0. The molecule has 0 atom stereocenters. The summed E-state index contributed by atoms with van der Waals surface area (Å²) < 4.78 is 0. The van der Waals surface area contributed by atoms with Crippen LogP contribution in [0.5, 0.6) is 0 Å². The summed E-state index contributed by atoms with van der Waals surface area (Å²) in [5, 5.41) is 11.9. The molecule has 2 rings (SSSR count). The Bertz CT molecular complexity index is 722. The first-order valence-electron chi connectivity index (χ1n) is 6.65. The Balaban J connectivity index is 2.22. The number of benzene rings is 2. The van der Waals surface area contributed by atoms with Crippen molar-refractivity contribution in [2.45, 2.75) is 13.8 Å². The highest BCUT2D eigenvalue weighted by Gasteiger charge is 2.09. The molecule has 0 fully saturated rings. The fraction of sp³-hybridized carbons (Fsp3) is 0.111. The lowest BCUT2D eigenvalue weighted by Gasteiger charge is -2.05. The highest BCUT2D eigenvalue weighted by atomic mass is 16.1. The molecule has 1 amide bonds. The summed E-state index contributed by atoms with van der Waals surface area (Å²) in [5.74, 6) is -0.399. The first kappa shape index (κ1) is 14.5. The Morgan fingerprint density at radius 3 is 2.38 bits per heavy atom. The maximum Gasteiger partial charge on any atom is 0.266 e. The van der Waals surface area contributed by atoms with Crippen LogP contribution in [0.3, 0.4) is 0 Å². The van der Waals surface area contributed by atoms with Gasteiger partial charge in [0.05, 0.1) is 0 Å². The molecular formula is C18H16N2O. The van der Waals surface area contributed by atoms with Gasteiger partial charge in [0.2, 0.25) is 0 Å². The van der Waals surface area contributed by atoms with Gasteiger partial charge in [-0.1, -0.05) is 42.0 Å². The van der Waals surface area contributed by atoms with Gasteiger partial charge in [0.25, 0.3) is 5.91 Å². The number of amides is 1. The smallest absolute Gasteiger partial charge is 0.266 e. The third-order valence-corrected chi connectivity index (χ3v) is 3.16. The van der Waals surface area contributed by atoms with Crippen molar-refractivity contribution in [1.29, 1.82) is 5.26 Å². The summed E-state index contributed by atoms with van der Waals surface area (Å²) in [4.78, 5) is 12.1. The number of rotatable bonds is 3. The molecule has 0 heterocycles. The standard InChI is InChI=1S/C18H16N2O/c1-13-7-9-17(10-8-13)20-18(21)16(12-19)11-15-6-4-3-5-14(15)2/h3-11H,1-2H3,(H,20,21)/b16-11-. The first-order valence-corrected chi connectivity index (χ1v) is 6.65. The lowest BCUT2D eigenvalue weighted by Crippen LogP contribution is -2.13. The summed E-state index contributed by atoms with van der Waals surface area (Å²) in [5.41, 5.74) is 3.77. The fourth-order valence-electron chi connectivity index (χ4n) is 1.89. The van der Waals surface area contributed by atoms with Gasteiger partial charge in [0.15, 0.2) is 0 Å². The average Bonchev–Trinajstić information content (AvgIpc) is 2.48. The monoisotopic (exact) mass is 276 g/mol. The number of hydrogen-bond acceptors (Lipinski definition) is 2. The molecular weight excluding hydrogens is 260 g/mol. The van der Waals surface area contributed by atoms with Crippen molar-refractivity contribution in [3.05, 3.63) is 70.8 Å². The van der Waals surface area contributed by atoms with Gasteiger partial charge < -0.3 is 5.32 Å². The van der Waals surface area contributed by atoms with E-state index in [1.165, 1.54) is 0 Å². The zero-order chi connectivity index (χ0) is 15.2. The summed E-state index contributed by atoms with van der Waals surface area (Å²) in [7, 11) is 0. The zero-order valence-corrected chi connectivity index (χ0v) is 12.1. The van der Waals surface area contributed by atoms with E-state index >= 15 is 0 Å². The number of nitrogens with zero attached hydrogens (tertiary/aromatic N) is 1.